The van der Waals surface area contributed by atoms with Crippen LogP contribution in [0.4, 0.5) is 0 Å². The van der Waals surface area contributed by atoms with Gasteiger partial charge in [0.05, 0.1) is 0 Å². The highest BCUT2D eigenvalue weighted by atomic mass is 15.5. The van der Waals surface area contributed by atoms with E-state index in [0.717, 1.165) is 12.2 Å². The Labute approximate surface area is 91.9 Å². The molecule has 4 nitrogen and oxygen atoms in total. The number of nitrogens with one attached hydrogen (secondary N) is 1. The summed E-state index contributed by atoms with van der Waals surface area (Å²) in [5, 5.41) is 13.9. The van der Waals surface area contributed by atoms with Crippen molar-refractivity contribution in [2.45, 2.75) is 59.3 Å². The van der Waals surface area contributed by atoms with E-state index < -0.39 is 0 Å². The van der Waals surface area contributed by atoms with Gasteiger partial charge in [-0.2, -0.15) is 5.21 Å². The normalized spacial score (nSPS) is 11.9. The standard InChI is InChI=1S/C11H22N4/c1-11(2,3)9-7-5-4-6-8-10-12-14-15-13-10/h4-9H2,1-3H3,(H,12,13,14,15). The first kappa shape index (κ1) is 12.1. The second-order valence-electron chi connectivity index (χ2n) is 5.30. The van der Waals surface area contributed by atoms with Crippen LogP contribution in [0.2, 0.25) is 0 Å². The van der Waals surface area contributed by atoms with Gasteiger partial charge in [-0.25, -0.2) is 0 Å². The minimum atomic E-state index is 0.480. The van der Waals surface area contributed by atoms with Gasteiger partial charge in [-0.15, -0.1) is 10.2 Å². The molecule has 0 aromatic carbocycles. The van der Waals surface area contributed by atoms with E-state index in [-0.39, 0.29) is 0 Å². The van der Waals surface area contributed by atoms with Gasteiger partial charge in [-0.05, 0) is 18.3 Å². The summed E-state index contributed by atoms with van der Waals surface area (Å²) < 4.78 is 0. The summed E-state index contributed by atoms with van der Waals surface area (Å²) in [4.78, 5) is 0. The summed E-state index contributed by atoms with van der Waals surface area (Å²) in [5.41, 5.74) is 0.480. The average Bonchev–Trinajstić information content (AvgIpc) is 2.61. The lowest BCUT2D eigenvalue weighted by molar-refractivity contribution is 0.357. The second-order valence-corrected chi connectivity index (χ2v) is 5.30. The molecule has 0 saturated carbocycles. The van der Waals surface area contributed by atoms with Gasteiger partial charge in [-0.1, -0.05) is 45.2 Å². The number of H-pyrrole nitrogens is 1. The highest BCUT2D eigenvalue weighted by Crippen LogP contribution is 2.22. The van der Waals surface area contributed by atoms with Crippen LogP contribution in [0.1, 0.15) is 58.7 Å². The highest BCUT2D eigenvalue weighted by molar-refractivity contribution is 4.75. The predicted octanol–water partition coefficient (Wildman–Crippen LogP) is 2.74. The number of aromatic nitrogens is 4. The minimum absolute atomic E-state index is 0.480. The maximum absolute atomic E-state index is 3.93. The molecule has 0 aliphatic carbocycles. The molecule has 0 aliphatic rings. The second kappa shape index (κ2) is 5.83. The Morgan fingerprint density at radius 1 is 1.07 bits per heavy atom. The zero-order valence-corrected chi connectivity index (χ0v) is 10.1. The van der Waals surface area contributed by atoms with Gasteiger partial charge >= 0.3 is 0 Å². The largest absolute Gasteiger partial charge is 0.177 e. The van der Waals surface area contributed by atoms with Crippen LogP contribution in [-0.2, 0) is 6.42 Å². The molecule has 0 fully saturated rings. The molecule has 1 rings (SSSR count). The Bertz CT molecular complexity index is 248. The van der Waals surface area contributed by atoms with Crippen molar-refractivity contribution in [1.82, 2.24) is 20.6 Å². The highest BCUT2D eigenvalue weighted by Gasteiger charge is 2.08. The van der Waals surface area contributed by atoms with Crippen LogP contribution in [0.15, 0.2) is 0 Å². The van der Waals surface area contributed by atoms with Gasteiger partial charge in [-0.3, -0.25) is 0 Å². The number of rotatable bonds is 6. The quantitative estimate of drug-likeness (QED) is 0.734. The van der Waals surface area contributed by atoms with Crippen LogP contribution < -0.4 is 0 Å². The lowest BCUT2D eigenvalue weighted by Gasteiger charge is -2.17. The van der Waals surface area contributed by atoms with E-state index in [0.29, 0.717) is 5.41 Å². The van der Waals surface area contributed by atoms with Crippen LogP contribution in [0.25, 0.3) is 0 Å². The summed E-state index contributed by atoms with van der Waals surface area (Å²) in [6.07, 6.45) is 7.35. The fourth-order valence-electron chi connectivity index (χ4n) is 1.58. The first-order chi connectivity index (χ1) is 7.08. The molecule has 0 saturated heterocycles. The molecular weight excluding hydrogens is 188 g/mol. The van der Waals surface area contributed by atoms with Gasteiger partial charge in [0, 0.05) is 6.42 Å². The fourth-order valence-corrected chi connectivity index (χ4v) is 1.58. The SMILES string of the molecule is CC(C)(C)CCCCCCc1nn[nH]n1. The number of tetrazole rings is 1. The predicted molar refractivity (Wildman–Crippen MR) is 60.4 cm³/mol. The molecule has 0 amide bonds. The smallest absolute Gasteiger partial charge is 0.174 e. The zero-order chi connectivity index (χ0) is 11.1. The maximum Gasteiger partial charge on any atom is 0.174 e. The van der Waals surface area contributed by atoms with E-state index in [1.165, 1.54) is 32.1 Å². The molecule has 1 heterocycles. The number of nitrogens with zero attached hydrogens (tertiary/aromatic N) is 3. The van der Waals surface area contributed by atoms with Crippen molar-refractivity contribution in [1.29, 1.82) is 0 Å². The molecule has 0 aliphatic heterocycles. The molecule has 0 bridgehead atoms. The maximum atomic E-state index is 3.93. The average molecular weight is 210 g/mol. The van der Waals surface area contributed by atoms with E-state index in [4.69, 9.17) is 0 Å². The van der Waals surface area contributed by atoms with Gasteiger partial charge in [0.15, 0.2) is 5.82 Å². The minimum Gasteiger partial charge on any atom is -0.177 e. The fraction of sp³-hybridized carbons (Fsp3) is 0.909. The van der Waals surface area contributed by atoms with Gasteiger partial charge in [0.25, 0.3) is 0 Å². The molecule has 0 spiro atoms. The summed E-state index contributed by atoms with van der Waals surface area (Å²) in [7, 11) is 0. The number of hydrogen-bond donors (Lipinski definition) is 1. The van der Waals surface area contributed by atoms with Crippen molar-refractivity contribution in [3.8, 4) is 0 Å². The van der Waals surface area contributed by atoms with E-state index in [2.05, 4.69) is 41.4 Å². The Kier molecular flexibility index (Phi) is 4.72. The lowest BCUT2D eigenvalue weighted by atomic mass is 9.89. The Hall–Kier alpha value is -0.930. The third kappa shape index (κ3) is 6.20. The first-order valence-corrected chi connectivity index (χ1v) is 5.80. The summed E-state index contributed by atoms with van der Waals surface area (Å²) in [5.74, 6) is 0.839. The molecule has 0 atom stereocenters. The molecule has 0 unspecified atom stereocenters. The molecular formula is C11H22N4. The number of unbranched alkanes of at least 4 members (excludes halogenated alkanes) is 3. The number of aromatic amines is 1. The van der Waals surface area contributed by atoms with E-state index in [1.807, 2.05) is 0 Å². The van der Waals surface area contributed by atoms with E-state index >= 15 is 0 Å². The zero-order valence-electron chi connectivity index (χ0n) is 10.1. The molecule has 1 N–H and O–H groups in total. The molecule has 1 aromatic heterocycles. The van der Waals surface area contributed by atoms with Gasteiger partial charge in [0.2, 0.25) is 0 Å². The van der Waals surface area contributed by atoms with Crippen molar-refractivity contribution >= 4 is 0 Å². The Morgan fingerprint density at radius 3 is 2.40 bits per heavy atom. The van der Waals surface area contributed by atoms with Crippen molar-refractivity contribution in [2.75, 3.05) is 0 Å². The monoisotopic (exact) mass is 210 g/mol. The summed E-state index contributed by atoms with van der Waals surface area (Å²) >= 11 is 0. The summed E-state index contributed by atoms with van der Waals surface area (Å²) in [6, 6.07) is 0. The lowest BCUT2D eigenvalue weighted by Crippen LogP contribution is -2.03. The Morgan fingerprint density at radius 2 is 1.80 bits per heavy atom. The number of hydrogen-bond acceptors (Lipinski definition) is 3. The van der Waals surface area contributed by atoms with Crippen molar-refractivity contribution in [2.24, 2.45) is 5.41 Å². The molecule has 15 heavy (non-hydrogen) atoms. The van der Waals surface area contributed by atoms with Crippen LogP contribution in [0.5, 0.6) is 0 Å². The van der Waals surface area contributed by atoms with E-state index in [1.54, 1.807) is 0 Å². The van der Waals surface area contributed by atoms with Gasteiger partial charge < -0.3 is 0 Å². The third-order valence-corrected chi connectivity index (χ3v) is 2.47. The van der Waals surface area contributed by atoms with Crippen molar-refractivity contribution in [3.63, 3.8) is 0 Å². The molecule has 86 valence electrons. The van der Waals surface area contributed by atoms with Crippen molar-refractivity contribution in [3.05, 3.63) is 5.82 Å². The molecule has 0 radical (unpaired) electrons. The van der Waals surface area contributed by atoms with Crippen LogP contribution in [0.3, 0.4) is 0 Å². The van der Waals surface area contributed by atoms with Crippen LogP contribution in [-0.4, -0.2) is 20.6 Å². The number of aryl methyl sites for hydroxylation is 1. The molecule has 4 heteroatoms. The first-order valence-electron chi connectivity index (χ1n) is 5.80. The van der Waals surface area contributed by atoms with Crippen molar-refractivity contribution < 1.29 is 0 Å². The van der Waals surface area contributed by atoms with E-state index in [9.17, 15) is 0 Å². The van der Waals surface area contributed by atoms with Gasteiger partial charge in [0.1, 0.15) is 0 Å². The summed E-state index contributed by atoms with van der Waals surface area (Å²) in [6.45, 7) is 6.89. The molecule has 1 aromatic rings. The van der Waals surface area contributed by atoms with Crippen LogP contribution >= 0.6 is 0 Å². The third-order valence-electron chi connectivity index (χ3n) is 2.47. The topological polar surface area (TPSA) is 54.5 Å². The van der Waals surface area contributed by atoms with Crippen LogP contribution in [0, 0.1) is 5.41 Å². The Balaban J connectivity index is 1.94.